The smallest absolute Gasteiger partial charge is 0.203 e. The summed E-state index contributed by atoms with van der Waals surface area (Å²) >= 11 is 12.2. The summed E-state index contributed by atoms with van der Waals surface area (Å²) in [4.78, 5) is 4.65. The van der Waals surface area contributed by atoms with Gasteiger partial charge in [0.05, 0.1) is 38.9 Å². The number of aromatic nitrogens is 1. The predicted octanol–water partition coefficient (Wildman–Crippen LogP) is 4.62. The number of rotatable bonds is 9. The highest BCUT2D eigenvalue weighted by Gasteiger charge is 2.14. The molecule has 0 aliphatic carbocycles. The van der Waals surface area contributed by atoms with Gasteiger partial charge in [0.15, 0.2) is 17.5 Å². The number of aliphatic imine (C=N–C) groups is 1. The fourth-order valence-corrected chi connectivity index (χ4v) is 3.17. The first-order valence-electron chi connectivity index (χ1n) is 9.34. The zero-order valence-electron chi connectivity index (χ0n) is 17.8. The lowest BCUT2D eigenvalue weighted by Gasteiger charge is -2.15. The molecule has 7 nitrogen and oxygen atoms in total. The summed E-state index contributed by atoms with van der Waals surface area (Å²) in [5.41, 5.74) is 1.89. The van der Waals surface area contributed by atoms with Crippen molar-refractivity contribution < 1.29 is 14.2 Å². The second-order valence-electron chi connectivity index (χ2n) is 6.14. The molecule has 0 amide bonds. The van der Waals surface area contributed by atoms with E-state index in [1.54, 1.807) is 14.2 Å². The maximum absolute atomic E-state index is 6.13. The van der Waals surface area contributed by atoms with Gasteiger partial charge in [0.25, 0.3) is 0 Å². The van der Waals surface area contributed by atoms with Gasteiger partial charge >= 0.3 is 0 Å². The van der Waals surface area contributed by atoms with Crippen LogP contribution < -0.4 is 24.8 Å². The van der Waals surface area contributed by atoms with Gasteiger partial charge in [-0.15, -0.1) is 24.0 Å². The average molecular weight is 571 g/mol. The molecule has 10 heteroatoms. The standard InChI is InChI=1S/C20H28Cl2N4O3.HI/c1-6-23-20(25-12-14-10-15(21)19(22)26(14)3)24-11-13-8-16(27-4)18(29-7-2)17(9-13)28-5;/h8-10H,6-7,11-12H2,1-5H3,(H2,23,24,25);1H. The Morgan fingerprint density at radius 2 is 1.70 bits per heavy atom. The SMILES string of the molecule is CCNC(=NCc1cc(OC)c(OCC)c(OC)c1)NCc1cc(Cl)c(Cl)n1C.I. The van der Waals surface area contributed by atoms with Gasteiger partial charge in [0.2, 0.25) is 5.75 Å². The van der Waals surface area contributed by atoms with Crippen molar-refractivity contribution in [1.29, 1.82) is 0 Å². The fraction of sp³-hybridized carbons (Fsp3) is 0.450. The molecule has 0 bridgehead atoms. The lowest BCUT2D eigenvalue weighted by molar-refractivity contribution is 0.288. The van der Waals surface area contributed by atoms with Crippen molar-refractivity contribution in [3.63, 3.8) is 0 Å². The average Bonchev–Trinajstić information content (AvgIpc) is 2.97. The lowest BCUT2D eigenvalue weighted by Crippen LogP contribution is -2.37. The van der Waals surface area contributed by atoms with Crippen LogP contribution in [0.1, 0.15) is 25.1 Å². The Morgan fingerprint density at radius 3 is 2.17 bits per heavy atom. The van der Waals surface area contributed by atoms with E-state index in [-0.39, 0.29) is 24.0 Å². The summed E-state index contributed by atoms with van der Waals surface area (Å²) in [6.07, 6.45) is 0. The molecule has 0 spiro atoms. The van der Waals surface area contributed by atoms with E-state index >= 15 is 0 Å². The number of nitrogens with zero attached hydrogens (tertiary/aromatic N) is 2. The molecule has 0 aliphatic rings. The molecule has 0 aliphatic heterocycles. The molecule has 0 fully saturated rings. The summed E-state index contributed by atoms with van der Waals surface area (Å²) in [6.45, 7) is 6.14. The second-order valence-corrected chi connectivity index (χ2v) is 6.91. The third-order valence-electron chi connectivity index (χ3n) is 4.23. The summed E-state index contributed by atoms with van der Waals surface area (Å²) in [6, 6.07) is 5.64. The van der Waals surface area contributed by atoms with Crippen molar-refractivity contribution in [2.24, 2.45) is 12.0 Å². The summed E-state index contributed by atoms with van der Waals surface area (Å²) < 4.78 is 18.4. The molecule has 2 rings (SSSR count). The van der Waals surface area contributed by atoms with Crippen LogP contribution in [0.25, 0.3) is 0 Å². The van der Waals surface area contributed by atoms with Gasteiger partial charge in [-0.2, -0.15) is 0 Å². The van der Waals surface area contributed by atoms with E-state index in [1.165, 1.54) is 0 Å². The fourth-order valence-electron chi connectivity index (χ4n) is 2.76. The van der Waals surface area contributed by atoms with Gasteiger partial charge in [-0.3, -0.25) is 0 Å². The van der Waals surface area contributed by atoms with E-state index in [0.29, 0.717) is 53.1 Å². The van der Waals surface area contributed by atoms with Crippen LogP contribution in [-0.4, -0.2) is 37.9 Å². The minimum atomic E-state index is 0. The van der Waals surface area contributed by atoms with Crippen LogP contribution in [0.3, 0.4) is 0 Å². The quantitative estimate of drug-likeness (QED) is 0.261. The zero-order chi connectivity index (χ0) is 21.4. The summed E-state index contributed by atoms with van der Waals surface area (Å²) in [7, 11) is 5.08. The minimum absolute atomic E-state index is 0. The summed E-state index contributed by atoms with van der Waals surface area (Å²) in [5, 5.41) is 7.56. The number of methoxy groups -OCH3 is 2. The van der Waals surface area contributed by atoms with Crippen LogP contribution in [0.2, 0.25) is 10.2 Å². The Hall–Kier alpha value is -1.52. The van der Waals surface area contributed by atoms with Crippen LogP contribution in [0.4, 0.5) is 0 Å². The highest BCUT2D eigenvalue weighted by molar-refractivity contribution is 14.0. The molecule has 0 unspecified atom stereocenters. The Bertz CT molecular complexity index is 834. The number of benzene rings is 1. The van der Waals surface area contributed by atoms with Crippen LogP contribution in [0.15, 0.2) is 23.2 Å². The molecule has 1 aromatic carbocycles. The van der Waals surface area contributed by atoms with Crippen LogP contribution >= 0.6 is 47.2 Å². The third-order valence-corrected chi connectivity index (χ3v) is 5.07. The Labute approximate surface area is 205 Å². The molecule has 2 aromatic rings. The van der Waals surface area contributed by atoms with Gasteiger partial charge in [-0.1, -0.05) is 23.2 Å². The Morgan fingerprint density at radius 1 is 1.07 bits per heavy atom. The first-order valence-corrected chi connectivity index (χ1v) is 10.1. The molecule has 0 radical (unpaired) electrons. The Balaban J connectivity index is 0.00000450. The molecule has 2 N–H and O–H groups in total. The van der Waals surface area contributed by atoms with E-state index in [9.17, 15) is 0 Å². The topological polar surface area (TPSA) is 69.0 Å². The number of hydrogen-bond acceptors (Lipinski definition) is 4. The summed E-state index contributed by atoms with van der Waals surface area (Å²) in [5.74, 6) is 2.49. The minimum Gasteiger partial charge on any atom is -0.493 e. The first-order chi connectivity index (χ1) is 13.9. The Kier molecular flexibility index (Phi) is 11.5. The predicted molar refractivity (Wildman–Crippen MR) is 133 cm³/mol. The first kappa shape index (κ1) is 26.5. The van der Waals surface area contributed by atoms with Gasteiger partial charge < -0.3 is 29.4 Å². The van der Waals surface area contributed by atoms with Gasteiger partial charge in [0, 0.05) is 19.3 Å². The number of nitrogens with one attached hydrogen (secondary N) is 2. The van der Waals surface area contributed by atoms with E-state index < -0.39 is 0 Å². The number of ether oxygens (including phenoxy) is 3. The van der Waals surface area contributed by atoms with Gasteiger partial charge in [-0.25, -0.2) is 4.99 Å². The number of guanidine groups is 1. The normalized spacial score (nSPS) is 11.0. The van der Waals surface area contributed by atoms with E-state index in [2.05, 4.69) is 15.6 Å². The monoisotopic (exact) mass is 570 g/mol. The second kappa shape index (κ2) is 13.0. The van der Waals surface area contributed by atoms with Crippen molar-refractivity contribution in [3.05, 3.63) is 39.6 Å². The molecule has 168 valence electrons. The van der Waals surface area contributed by atoms with Crippen LogP contribution in [0, 0.1) is 0 Å². The van der Waals surface area contributed by atoms with Crippen molar-refractivity contribution >= 4 is 53.1 Å². The largest absolute Gasteiger partial charge is 0.493 e. The van der Waals surface area contributed by atoms with Gasteiger partial charge in [0.1, 0.15) is 5.15 Å². The van der Waals surface area contributed by atoms with Crippen molar-refractivity contribution in [2.45, 2.75) is 26.9 Å². The molecule has 0 saturated carbocycles. The lowest BCUT2D eigenvalue weighted by atomic mass is 10.2. The van der Waals surface area contributed by atoms with Crippen molar-refractivity contribution in [3.8, 4) is 17.2 Å². The maximum Gasteiger partial charge on any atom is 0.203 e. The van der Waals surface area contributed by atoms with Crippen molar-refractivity contribution in [2.75, 3.05) is 27.4 Å². The van der Waals surface area contributed by atoms with Crippen LogP contribution in [0.5, 0.6) is 17.2 Å². The molecular weight excluding hydrogens is 542 g/mol. The number of halogens is 3. The maximum atomic E-state index is 6.13. The molecule has 1 aromatic heterocycles. The molecule has 0 atom stereocenters. The third kappa shape index (κ3) is 6.75. The highest BCUT2D eigenvalue weighted by Crippen LogP contribution is 2.38. The molecule has 30 heavy (non-hydrogen) atoms. The van der Waals surface area contributed by atoms with E-state index in [0.717, 1.165) is 17.8 Å². The number of hydrogen-bond donors (Lipinski definition) is 2. The van der Waals surface area contributed by atoms with Crippen molar-refractivity contribution in [1.82, 2.24) is 15.2 Å². The van der Waals surface area contributed by atoms with E-state index in [4.69, 9.17) is 37.4 Å². The molecule has 1 heterocycles. The molecule has 0 saturated heterocycles. The van der Waals surface area contributed by atoms with Gasteiger partial charge in [-0.05, 0) is 37.6 Å². The highest BCUT2D eigenvalue weighted by atomic mass is 127. The molecular formula is C20H29Cl2IN4O3. The van der Waals surface area contributed by atoms with E-state index in [1.807, 2.05) is 43.7 Å². The van der Waals surface area contributed by atoms with Crippen LogP contribution in [-0.2, 0) is 20.1 Å². The zero-order valence-corrected chi connectivity index (χ0v) is 21.7.